The first-order valence-electron chi connectivity index (χ1n) is 4.91. The number of aliphatic hydroxyl groups excluding tert-OH is 1. The van der Waals surface area contributed by atoms with Crippen molar-refractivity contribution in [3.05, 3.63) is 0 Å². The van der Waals surface area contributed by atoms with Gasteiger partial charge in [-0.15, -0.1) is 12.4 Å². The third kappa shape index (κ3) is 6.05. The average Bonchev–Trinajstić information content (AvgIpc) is 1.99. The minimum Gasteiger partial charge on any atom is -0.549 e. The molecule has 0 aromatic rings. The molecule has 0 heterocycles. The van der Waals surface area contributed by atoms with E-state index in [1.807, 2.05) is 21.1 Å². The summed E-state index contributed by atoms with van der Waals surface area (Å²) >= 11 is 0. The Morgan fingerprint density at radius 3 is 2.00 bits per heavy atom. The minimum atomic E-state index is -1.50. The summed E-state index contributed by atoms with van der Waals surface area (Å²) in [6.07, 6.45) is -1.10. The molecule has 16 heavy (non-hydrogen) atoms. The van der Waals surface area contributed by atoms with Crippen LogP contribution in [0.2, 0.25) is 0 Å². The summed E-state index contributed by atoms with van der Waals surface area (Å²) in [6.45, 7) is 1.77. The number of nitrogens with zero attached hydrogens (tertiary/aromatic N) is 1. The van der Waals surface area contributed by atoms with Crippen molar-refractivity contribution in [1.82, 2.24) is 0 Å². The van der Waals surface area contributed by atoms with E-state index in [2.05, 4.69) is 0 Å². The summed E-state index contributed by atoms with van der Waals surface area (Å²) in [4.78, 5) is 22.0. The molecule has 0 amide bonds. The van der Waals surface area contributed by atoms with Crippen molar-refractivity contribution >= 4 is 24.2 Å². The molecule has 0 rings (SSSR count). The Hall–Kier alpha value is -0.650. The maximum atomic E-state index is 11.3. The van der Waals surface area contributed by atoms with Crippen LogP contribution < -0.4 is 5.11 Å². The number of ketones is 1. The van der Waals surface area contributed by atoms with Crippen molar-refractivity contribution in [2.45, 2.75) is 19.4 Å². The monoisotopic (exact) mass is 253 g/mol. The number of halogens is 1. The van der Waals surface area contributed by atoms with Crippen molar-refractivity contribution in [3.63, 3.8) is 0 Å². The predicted molar refractivity (Wildman–Crippen MR) is 59.9 cm³/mol. The van der Waals surface area contributed by atoms with Crippen molar-refractivity contribution in [1.29, 1.82) is 0 Å². The summed E-state index contributed by atoms with van der Waals surface area (Å²) in [6, 6.07) is 0. The van der Waals surface area contributed by atoms with Crippen LogP contribution in [0, 0.1) is 5.92 Å². The van der Waals surface area contributed by atoms with E-state index >= 15 is 0 Å². The molecular weight excluding hydrogens is 234 g/mol. The summed E-state index contributed by atoms with van der Waals surface area (Å²) in [5, 5.41) is 20.4. The van der Waals surface area contributed by atoms with E-state index in [0.717, 1.165) is 0 Å². The lowest BCUT2D eigenvalue weighted by molar-refractivity contribution is -0.873. The number of carboxylic acid groups (broad SMARTS) is 1. The molecule has 6 heteroatoms. The number of quaternary nitrogens is 1. The maximum absolute atomic E-state index is 11.3. The molecule has 0 aliphatic heterocycles. The highest BCUT2D eigenvalue weighted by Crippen LogP contribution is 2.10. The summed E-state index contributed by atoms with van der Waals surface area (Å²) in [7, 11) is 5.43. The molecule has 2 unspecified atom stereocenters. The van der Waals surface area contributed by atoms with Gasteiger partial charge in [0.1, 0.15) is 18.4 Å². The van der Waals surface area contributed by atoms with Gasteiger partial charge in [0, 0.05) is 6.42 Å². The number of Topliss-reactive ketones (excluding diaryl/α,β-unsaturated/α-hetero) is 1. The zero-order chi connectivity index (χ0) is 12.2. The molecule has 0 aromatic heterocycles. The van der Waals surface area contributed by atoms with E-state index in [9.17, 15) is 19.8 Å². The fourth-order valence-corrected chi connectivity index (χ4v) is 1.39. The van der Waals surface area contributed by atoms with E-state index in [4.69, 9.17) is 0 Å². The van der Waals surface area contributed by atoms with Crippen molar-refractivity contribution in [2.24, 2.45) is 5.92 Å². The van der Waals surface area contributed by atoms with Crippen LogP contribution in [0.4, 0.5) is 0 Å². The number of carbonyl (C=O) groups is 2. The molecule has 0 aliphatic rings. The van der Waals surface area contributed by atoms with E-state index < -0.39 is 23.8 Å². The molecule has 0 aliphatic carbocycles. The van der Waals surface area contributed by atoms with Crippen LogP contribution in [0.25, 0.3) is 0 Å². The Morgan fingerprint density at radius 1 is 1.31 bits per heavy atom. The number of hydrogen-bond acceptors (Lipinski definition) is 4. The first-order valence-corrected chi connectivity index (χ1v) is 4.91. The number of hydrogen-bond donors (Lipinski definition) is 1. The number of rotatable bonds is 6. The Morgan fingerprint density at radius 2 is 1.75 bits per heavy atom. The first-order chi connectivity index (χ1) is 6.69. The number of carbonyl (C=O) groups excluding carboxylic acids is 2. The minimum absolute atomic E-state index is 0. The molecule has 0 bridgehead atoms. The molecule has 0 saturated heterocycles. The standard InChI is InChI=1S/C10H19NO4.ClH/c1-5-7(12)9(10(14)15)8(13)6-11(2,3)4;/h8-9,13H,5-6H2,1-4H3;1H. The molecule has 0 saturated carbocycles. The second-order valence-corrected chi connectivity index (χ2v) is 4.66. The van der Waals surface area contributed by atoms with Crippen molar-refractivity contribution < 1.29 is 24.3 Å². The molecule has 1 N–H and O–H groups in total. The van der Waals surface area contributed by atoms with Gasteiger partial charge in [-0.3, -0.25) is 4.79 Å². The van der Waals surface area contributed by atoms with E-state index in [1.165, 1.54) is 0 Å². The van der Waals surface area contributed by atoms with Gasteiger partial charge >= 0.3 is 0 Å². The summed E-state index contributed by atoms with van der Waals surface area (Å²) < 4.78 is 0.391. The van der Waals surface area contributed by atoms with Gasteiger partial charge in [0.05, 0.1) is 33.0 Å². The Bertz CT molecular complexity index is 250. The smallest absolute Gasteiger partial charge is 0.144 e. The van der Waals surface area contributed by atoms with Crippen LogP contribution in [-0.4, -0.2) is 55.1 Å². The number of aliphatic hydroxyl groups is 1. The normalized spacial score (nSPS) is 14.8. The van der Waals surface area contributed by atoms with Gasteiger partial charge in [-0.05, 0) is 0 Å². The Labute approximate surface area is 102 Å². The maximum Gasteiger partial charge on any atom is 0.144 e. The van der Waals surface area contributed by atoms with Crippen LogP contribution >= 0.6 is 12.4 Å². The average molecular weight is 254 g/mol. The highest BCUT2D eigenvalue weighted by molar-refractivity contribution is 5.97. The number of aliphatic carboxylic acids is 1. The van der Waals surface area contributed by atoms with E-state index in [1.54, 1.807) is 6.92 Å². The summed E-state index contributed by atoms with van der Waals surface area (Å²) in [5.74, 6) is -3.40. The second-order valence-electron chi connectivity index (χ2n) is 4.66. The largest absolute Gasteiger partial charge is 0.549 e. The molecule has 0 spiro atoms. The van der Waals surface area contributed by atoms with Gasteiger partial charge in [0.15, 0.2) is 0 Å². The SMILES string of the molecule is CCC(=O)C(C(=O)[O-])C(O)C[N+](C)(C)C.Cl. The zero-order valence-electron chi connectivity index (χ0n) is 10.1. The lowest BCUT2D eigenvalue weighted by Crippen LogP contribution is -2.51. The fourth-order valence-electron chi connectivity index (χ4n) is 1.39. The number of carboxylic acids is 1. The molecule has 0 radical (unpaired) electrons. The van der Waals surface area contributed by atoms with Crippen LogP contribution in [0.3, 0.4) is 0 Å². The van der Waals surface area contributed by atoms with Gasteiger partial charge in [0.2, 0.25) is 0 Å². The van der Waals surface area contributed by atoms with Crippen LogP contribution in [0.15, 0.2) is 0 Å². The van der Waals surface area contributed by atoms with Gasteiger partial charge in [-0.25, -0.2) is 0 Å². The quantitative estimate of drug-likeness (QED) is 0.478. The van der Waals surface area contributed by atoms with Gasteiger partial charge in [-0.1, -0.05) is 6.92 Å². The van der Waals surface area contributed by atoms with E-state index in [0.29, 0.717) is 4.48 Å². The Balaban J connectivity index is 0. The molecule has 96 valence electrons. The zero-order valence-corrected chi connectivity index (χ0v) is 10.9. The lowest BCUT2D eigenvalue weighted by Gasteiger charge is -2.30. The van der Waals surface area contributed by atoms with Crippen LogP contribution in [-0.2, 0) is 9.59 Å². The molecule has 5 nitrogen and oxygen atoms in total. The third-order valence-corrected chi connectivity index (χ3v) is 2.07. The summed E-state index contributed by atoms with van der Waals surface area (Å²) in [5.41, 5.74) is 0. The van der Waals surface area contributed by atoms with Crippen LogP contribution in [0.1, 0.15) is 13.3 Å². The number of likely N-dealkylation sites (N-methyl/N-ethyl adjacent to an activating group) is 1. The highest BCUT2D eigenvalue weighted by Gasteiger charge is 2.30. The highest BCUT2D eigenvalue weighted by atomic mass is 35.5. The fraction of sp³-hybridized carbons (Fsp3) is 0.800. The Kier molecular flexibility index (Phi) is 7.57. The second kappa shape index (κ2) is 6.83. The molecule has 0 fully saturated rings. The molecular formula is C10H20ClNO4. The van der Waals surface area contributed by atoms with Crippen LogP contribution in [0.5, 0.6) is 0 Å². The van der Waals surface area contributed by atoms with Gasteiger partial charge in [0.25, 0.3) is 0 Å². The van der Waals surface area contributed by atoms with Crippen molar-refractivity contribution in [2.75, 3.05) is 27.7 Å². The lowest BCUT2D eigenvalue weighted by atomic mass is 9.95. The van der Waals surface area contributed by atoms with E-state index in [-0.39, 0.29) is 25.4 Å². The topological polar surface area (TPSA) is 77.4 Å². The third-order valence-electron chi connectivity index (χ3n) is 2.07. The molecule has 0 aromatic carbocycles. The molecule has 2 atom stereocenters. The van der Waals surface area contributed by atoms with Gasteiger partial charge < -0.3 is 19.5 Å². The first kappa shape index (κ1) is 17.7. The predicted octanol–water partition coefficient (Wildman–Crippen LogP) is -1.18. The van der Waals surface area contributed by atoms with Crippen molar-refractivity contribution in [3.8, 4) is 0 Å². The van der Waals surface area contributed by atoms with Gasteiger partial charge in [-0.2, -0.15) is 0 Å².